The maximum Gasteiger partial charge on any atom is 0.0956 e. The average Bonchev–Trinajstić information content (AvgIpc) is 3.22. The van der Waals surface area contributed by atoms with Crippen molar-refractivity contribution in [3.05, 3.63) is 28.9 Å². The van der Waals surface area contributed by atoms with Gasteiger partial charge in [0, 0.05) is 34.3 Å². The summed E-state index contributed by atoms with van der Waals surface area (Å²) in [5, 5.41) is 1.04. The molecule has 1 heterocycles. The van der Waals surface area contributed by atoms with Crippen molar-refractivity contribution >= 4 is 38.2 Å². The maximum absolute atomic E-state index is 6.08. The Morgan fingerprint density at radius 2 is 2.21 bits per heavy atom. The number of nitrogen functional groups attached to an aromatic ring is 1. The Kier molecular flexibility index (Phi) is 3.35. The summed E-state index contributed by atoms with van der Waals surface area (Å²) in [4.78, 5) is 7.08. The molecule has 1 aromatic carbocycles. The van der Waals surface area contributed by atoms with Gasteiger partial charge in [0.2, 0.25) is 0 Å². The van der Waals surface area contributed by atoms with Crippen molar-refractivity contribution in [2.45, 2.75) is 32.2 Å². The molecule has 0 spiro atoms. The molecule has 0 unspecified atom stereocenters. The van der Waals surface area contributed by atoms with Crippen LogP contribution < -0.4 is 10.6 Å². The number of benzene rings is 1. The van der Waals surface area contributed by atoms with Gasteiger partial charge in [0.05, 0.1) is 11.2 Å². The molecule has 19 heavy (non-hydrogen) atoms. The highest BCUT2D eigenvalue weighted by atomic mass is 79.9. The largest absolute Gasteiger partial charge is 0.398 e. The Bertz CT molecular complexity index is 608. The van der Waals surface area contributed by atoms with E-state index < -0.39 is 0 Å². The molecule has 0 amide bonds. The highest BCUT2D eigenvalue weighted by Gasteiger charge is 2.29. The number of fused-ring (bicyclic) bond motifs is 1. The molecule has 2 N–H and O–H groups in total. The van der Waals surface area contributed by atoms with E-state index in [1.165, 1.54) is 18.5 Å². The fraction of sp³-hybridized carbons (Fsp3) is 0.400. The van der Waals surface area contributed by atoms with Crippen molar-refractivity contribution in [3.8, 4) is 0 Å². The molecule has 3 nitrogen and oxygen atoms in total. The summed E-state index contributed by atoms with van der Waals surface area (Å²) < 4.78 is 0.970. The molecule has 100 valence electrons. The van der Waals surface area contributed by atoms with Crippen molar-refractivity contribution in [1.29, 1.82) is 0 Å². The maximum atomic E-state index is 6.08. The standard InChI is InChI=1S/C15H18BrN3/c1-2-7-19(11-3-4-11)14-6-5-13(17)12-8-10(16)9-18-15(12)14/h5-6,8-9,11H,2-4,7,17H2,1H3. The molecule has 1 aliphatic rings. The first-order valence-corrected chi connectivity index (χ1v) is 7.60. The normalized spacial score (nSPS) is 14.8. The van der Waals surface area contributed by atoms with Gasteiger partial charge in [-0.15, -0.1) is 0 Å². The second-order valence-electron chi connectivity index (χ2n) is 5.15. The fourth-order valence-corrected chi connectivity index (χ4v) is 2.89. The molecule has 1 fully saturated rings. The molecule has 0 bridgehead atoms. The van der Waals surface area contributed by atoms with E-state index in [1.807, 2.05) is 12.3 Å². The first-order chi connectivity index (χ1) is 9.20. The van der Waals surface area contributed by atoms with E-state index in [4.69, 9.17) is 5.73 Å². The predicted molar refractivity (Wildman–Crippen MR) is 84.5 cm³/mol. The van der Waals surface area contributed by atoms with E-state index in [0.717, 1.165) is 34.0 Å². The van der Waals surface area contributed by atoms with Crippen LogP contribution in [0.1, 0.15) is 26.2 Å². The van der Waals surface area contributed by atoms with Crippen molar-refractivity contribution in [3.63, 3.8) is 0 Å². The van der Waals surface area contributed by atoms with Crippen molar-refractivity contribution < 1.29 is 0 Å². The molecular weight excluding hydrogens is 302 g/mol. The number of anilines is 2. The van der Waals surface area contributed by atoms with Crippen LogP contribution in [0.4, 0.5) is 11.4 Å². The lowest BCUT2D eigenvalue weighted by Gasteiger charge is -2.25. The summed E-state index contributed by atoms with van der Waals surface area (Å²) in [6, 6.07) is 6.86. The Morgan fingerprint density at radius 3 is 2.89 bits per heavy atom. The van der Waals surface area contributed by atoms with Crippen LogP contribution in [0.5, 0.6) is 0 Å². The zero-order valence-corrected chi connectivity index (χ0v) is 12.7. The SMILES string of the molecule is CCCN(c1ccc(N)c2cc(Br)cnc12)C1CC1. The van der Waals surface area contributed by atoms with Crippen molar-refractivity contribution in [2.24, 2.45) is 0 Å². The Balaban J connectivity index is 2.14. The molecule has 0 aliphatic heterocycles. The second kappa shape index (κ2) is 5.00. The molecule has 0 atom stereocenters. The van der Waals surface area contributed by atoms with Crippen LogP contribution in [0.15, 0.2) is 28.9 Å². The lowest BCUT2D eigenvalue weighted by Crippen LogP contribution is -2.26. The molecule has 2 aromatic rings. The smallest absolute Gasteiger partial charge is 0.0956 e. The van der Waals surface area contributed by atoms with Gasteiger partial charge in [-0.05, 0) is 53.4 Å². The minimum atomic E-state index is 0.692. The van der Waals surface area contributed by atoms with Crippen LogP contribution in [0, 0.1) is 0 Å². The van der Waals surface area contributed by atoms with Gasteiger partial charge in [-0.1, -0.05) is 6.92 Å². The number of hydrogen-bond acceptors (Lipinski definition) is 3. The van der Waals surface area contributed by atoms with Gasteiger partial charge < -0.3 is 10.6 Å². The molecule has 3 rings (SSSR count). The predicted octanol–water partition coefficient (Wildman–Crippen LogP) is 3.96. The van der Waals surface area contributed by atoms with E-state index in [-0.39, 0.29) is 0 Å². The third-order valence-electron chi connectivity index (χ3n) is 3.59. The van der Waals surface area contributed by atoms with E-state index in [9.17, 15) is 0 Å². The summed E-state index contributed by atoms with van der Waals surface area (Å²) in [6.45, 7) is 3.31. The number of nitrogens with zero attached hydrogens (tertiary/aromatic N) is 2. The third-order valence-corrected chi connectivity index (χ3v) is 4.02. The van der Waals surface area contributed by atoms with Gasteiger partial charge >= 0.3 is 0 Å². The highest BCUT2D eigenvalue weighted by molar-refractivity contribution is 9.10. The molecular formula is C15H18BrN3. The second-order valence-corrected chi connectivity index (χ2v) is 6.06. The first-order valence-electron chi connectivity index (χ1n) is 6.81. The Morgan fingerprint density at radius 1 is 1.42 bits per heavy atom. The van der Waals surface area contributed by atoms with Gasteiger partial charge in [-0.3, -0.25) is 4.98 Å². The lowest BCUT2D eigenvalue weighted by molar-refractivity contribution is 0.765. The van der Waals surface area contributed by atoms with E-state index in [0.29, 0.717) is 6.04 Å². The summed E-state index contributed by atoms with van der Waals surface area (Å²) in [7, 11) is 0. The third kappa shape index (κ3) is 2.41. The number of hydrogen-bond donors (Lipinski definition) is 1. The van der Waals surface area contributed by atoms with E-state index in [1.54, 1.807) is 0 Å². The zero-order valence-electron chi connectivity index (χ0n) is 11.1. The van der Waals surface area contributed by atoms with Gasteiger partial charge in [-0.25, -0.2) is 0 Å². The summed E-state index contributed by atoms with van der Waals surface area (Å²) in [5.41, 5.74) is 9.11. The van der Waals surface area contributed by atoms with E-state index in [2.05, 4.69) is 44.9 Å². The average molecular weight is 320 g/mol. The number of pyridine rings is 1. The molecule has 1 aromatic heterocycles. The molecule has 0 saturated heterocycles. The van der Waals surface area contributed by atoms with Gasteiger partial charge in [-0.2, -0.15) is 0 Å². The van der Waals surface area contributed by atoms with Crippen LogP contribution in [0.2, 0.25) is 0 Å². The fourth-order valence-electron chi connectivity index (χ4n) is 2.56. The number of aromatic nitrogens is 1. The van der Waals surface area contributed by atoms with Crippen LogP contribution >= 0.6 is 15.9 Å². The number of nitrogens with two attached hydrogens (primary N) is 1. The minimum absolute atomic E-state index is 0.692. The molecule has 0 radical (unpaired) electrons. The van der Waals surface area contributed by atoms with Gasteiger partial charge in [0.25, 0.3) is 0 Å². The van der Waals surface area contributed by atoms with Crippen molar-refractivity contribution in [1.82, 2.24) is 4.98 Å². The van der Waals surface area contributed by atoms with Crippen LogP contribution in [0.3, 0.4) is 0 Å². The Hall–Kier alpha value is -1.29. The lowest BCUT2D eigenvalue weighted by atomic mass is 10.1. The van der Waals surface area contributed by atoms with E-state index >= 15 is 0 Å². The van der Waals surface area contributed by atoms with Gasteiger partial charge in [0.1, 0.15) is 0 Å². The monoisotopic (exact) mass is 319 g/mol. The number of rotatable bonds is 4. The molecule has 1 saturated carbocycles. The summed E-state index contributed by atoms with van der Waals surface area (Å²) in [5.74, 6) is 0. The minimum Gasteiger partial charge on any atom is -0.398 e. The zero-order chi connectivity index (χ0) is 13.4. The van der Waals surface area contributed by atoms with Crippen molar-refractivity contribution in [2.75, 3.05) is 17.2 Å². The van der Waals surface area contributed by atoms with Crippen LogP contribution in [0.25, 0.3) is 10.9 Å². The highest BCUT2D eigenvalue weighted by Crippen LogP contribution is 2.37. The summed E-state index contributed by atoms with van der Waals surface area (Å²) >= 11 is 3.47. The summed E-state index contributed by atoms with van der Waals surface area (Å²) in [6.07, 6.45) is 5.59. The topological polar surface area (TPSA) is 42.1 Å². The Labute approximate surface area is 121 Å². The first kappa shape index (κ1) is 12.7. The number of halogens is 1. The molecule has 1 aliphatic carbocycles. The van der Waals surface area contributed by atoms with Gasteiger partial charge in [0.15, 0.2) is 0 Å². The van der Waals surface area contributed by atoms with Crippen LogP contribution in [-0.2, 0) is 0 Å². The molecule has 4 heteroatoms. The van der Waals surface area contributed by atoms with Crippen LogP contribution in [-0.4, -0.2) is 17.6 Å². The quantitative estimate of drug-likeness (QED) is 0.867.